The number of halogens is 1. The van der Waals surface area contributed by atoms with Crippen LogP contribution in [-0.4, -0.2) is 35.4 Å². The molecule has 1 aliphatic rings. The molecule has 1 amide bonds. The summed E-state index contributed by atoms with van der Waals surface area (Å²) in [5.41, 5.74) is 0.612. The summed E-state index contributed by atoms with van der Waals surface area (Å²) in [4.78, 5) is 18.9. The first-order chi connectivity index (χ1) is 10.1. The fraction of sp³-hybridized carbons (Fsp3) is 0.625. The Hall–Kier alpha value is -1.29. The molecular weight excluding hydrogens is 286 g/mol. The highest BCUT2D eigenvalue weighted by Gasteiger charge is 2.25. The van der Waals surface area contributed by atoms with Crippen molar-refractivity contribution in [2.75, 3.05) is 18.9 Å². The van der Waals surface area contributed by atoms with Gasteiger partial charge in [-0.15, -0.1) is 0 Å². The van der Waals surface area contributed by atoms with E-state index >= 15 is 0 Å². The van der Waals surface area contributed by atoms with Crippen LogP contribution in [0.5, 0.6) is 0 Å². The number of hydrogen-bond donors (Lipinski definition) is 1. The van der Waals surface area contributed by atoms with E-state index < -0.39 is 0 Å². The quantitative estimate of drug-likeness (QED) is 0.837. The normalized spacial score (nSPS) is 15.8. The maximum absolute atomic E-state index is 12.7. The van der Waals surface area contributed by atoms with Gasteiger partial charge >= 0.3 is 0 Å². The number of nitrogens with one attached hydrogen (secondary N) is 1. The van der Waals surface area contributed by atoms with Crippen molar-refractivity contribution in [2.24, 2.45) is 0 Å². The molecule has 1 N–H and O–H groups in total. The van der Waals surface area contributed by atoms with Crippen molar-refractivity contribution in [1.82, 2.24) is 9.88 Å². The molecule has 0 spiro atoms. The number of aromatic nitrogens is 1. The molecule has 1 aliphatic carbocycles. The first-order valence-corrected chi connectivity index (χ1v) is 8.19. The topological polar surface area (TPSA) is 45.2 Å². The number of pyridine rings is 1. The van der Waals surface area contributed by atoms with E-state index in [1.807, 2.05) is 11.9 Å². The van der Waals surface area contributed by atoms with Gasteiger partial charge < -0.3 is 10.2 Å². The van der Waals surface area contributed by atoms with Gasteiger partial charge in [0, 0.05) is 19.6 Å². The molecule has 4 nitrogen and oxygen atoms in total. The third-order valence-electron chi connectivity index (χ3n) is 4.08. The van der Waals surface area contributed by atoms with E-state index in [0.717, 1.165) is 25.8 Å². The molecule has 1 heterocycles. The number of carbonyl (C=O) groups is 1. The van der Waals surface area contributed by atoms with Crippen molar-refractivity contribution < 1.29 is 4.79 Å². The first-order valence-electron chi connectivity index (χ1n) is 7.81. The van der Waals surface area contributed by atoms with E-state index in [9.17, 15) is 4.79 Å². The van der Waals surface area contributed by atoms with Crippen LogP contribution in [0, 0.1) is 0 Å². The summed E-state index contributed by atoms with van der Waals surface area (Å²) in [5.74, 6) is 0.627. The first kappa shape index (κ1) is 16.1. The number of rotatable bonds is 5. The number of hydrogen-bond acceptors (Lipinski definition) is 3. The third-order valence-corrected chi connectivity index (χ3v) is 4.29. The molecule has 0 radical (unpaired) electrons. The minimum atomic E-state index is 0.0321. The average Bonchev–Trinajstić information content (AvgIpc) is 2.52. The van der Waals surface area contributed by atoms with Crippen LogP contribution >= 0.6 is 11.6 Å². The lowest BCUT2D eigenvalue weighted by atomic mass is 9.94. The lowest BCUT2D eigenvalue weighted by Gasteiger charge is -2.31. The monoisotopic (exact) mass is 309 g/mol. The van der Waals surface area contributed by atoms with E-state index in [2.05, 4.69) is 17.2 Å². The minimum absolute atomic E-state index is 0.0321. The second-order valence-corrected chi connectivity index (χ2v) is 6.05. The predicted octanol–water partition coefficient (Wildman–Crippen LogP) is 3.96. The Morgan fingerprint density at radius 1 is 1.38 bits per heavy atom. The van der Waals surface area contributed by atoms with Gasteiger partial charge in [-0.1, -0.05) is 37.8 Å². The molecule has 1 fully saturated rings. The summed E-state index contributed by atoms with van der Waals surface area (Å²) in [5, 5.41) is 3.61. The van der Waals surface area contributed by atoms with Crippen LogP contribution in [0.2, 0.25) is 5.15 Å². The summed E-state index contributed by atoms with van der Waals surface area (Å²) >= 11 is 5.95. The van der Waals surface area contributed by atoms with Crippen LogP contribution in [0.1, 0.15) is 55.8 Å². The Labute approximate surface area is 131 Å². The summed E-state index contributed by atoms with van der Waals surface area (Å²) < 4.78 is 0. The second kappa shape index (κ2) is 7.64. The summed E-state index contributed by atoms with van der Waals surface area (Å²) in [6.45, 7) is 2.86. The molecule has 0 saturated heterocycles. The molecule has 116 valence electrons. The zero-order valence-electron chi connectivity index (χ0n) is 12.9. The van der Waals surface area contributed by atoms with Gasteiger partial charge in [0.15, 0.2) is 0 Å². The van der Waals surface area contributed by atoms with Crippen LogP contribution < -0.4 is 5.32 Å². The third kappa shape index (κ3) is 4.10. The largest absolute Gasteiger partial charge is 0.369 e. The van der Waals surface area contributed by atoms with Gasteiger partial charge in [-0.25, -0.2) is 4.98 Å². The number of amides is 1. The molecule has 0 bridgehead atoms. The number of anilines is 1. The molecule has 1 aromatic rings. The van der Waals surface area contributed by atoms with E-state index in [0.29, 0.717) is 22.6 Å². The van der Waals surface area contributed by atoms with Crippen molar-refractivity contribution in [3.05, 3.63) is 22.8 Å². The summed E-state index contributed by atoms with van der Waals surface area (Å²) in [6, 6.07) is 3.80. The lowest BCUT2D eigenvalue weighted by Crippen LogP contribution is -2.38. The van der Waals surface area contributed by atoms with Crippen LogP contribution in [0.4, 0.5) is 5.82 Å². The predicted molar refractivity (Wildman–Crippen MR) is 87.0 cm³/mol. The smallest absolute Gasteiger partial charge is 0.257 e. The van der Waals surface area contributed by atoms with Crippen molar-refractivity contribution in [1.29, 1.82) is 0 Å². The SMILES string of the molecule is CCCNc1nc(Cl)ccc1C(=O)N(C)C1CCCCC1. The van der Waals surface area contributed by atoms with E-state index in [-0.39, 0.29) is 5.91 Å². The van der Waals surface area contributed by atoms with Crippen LogP contribution in [0.25, 0.3) is 0 Å². The Morgan fingerprint density at radius 2 is 2.10 bits per heavy atom. The van der Waals surface area contributed by atoms with Gasteiger partial charge in [-0.2, -0.15) is 0 Å². The molecule has 2 rings (SSSR count). The molecule has 0 aliphatic heterocycles. The highest BCUT2D eigenvalue weighted by molar-refractivity contribution is 6.29. The standard InChI is InChI=1S/C16H24ClN3O/c1-3-11-18-15-13(9-10-14(17)19-15)16(21)20(2)12-7-5-4-6-8-12/h9-10,12H,3-8,11H2,1-2H3,(H,18,19). The van der Waals surface area contributed by atoms with Crippen molar-refractivity contribution >= 4 is 23.3 Å². The highest BCUT2D eigenvalue weighted by atomic mass is 35.5. The summed E-state index contributed by atoms with van der Waals surface area (Å²) in [6.07, 6.45) is 6.87. The maximum atomic E-state index is 12.7. The van der Waals surface area contributed by atoms with Crippen molar-refractivity contribution in [3.8, 4) is 0 Å². The zero-order chi connectivity index (χ0) is 15.2. The minimum Gasteiger partial charge on any atom is -0.369 e. The fourth-order valence-electron chi connectivity index (χ4n) is 2.81. The number of carbonyl (C=O) groups excluding carboxylic acids is 1. The Kier molecular flexibility index (Phi) is 5.85. The van der Waals surface area contributed by atoms with Gasteiger partial charge in [0.1, 0.15) is 11.0 Å². The summed E-state index contributed by atoms with van der Waals surface area (Å²) in [7, 11) is 1.90. The average molecular weight is 310 g/mol. The Bertz CT molecular complexity index is 486. The Balaban J connectivity index is 2.16. The van der Waals surface area contributed by atoms with E-state index in [4.69, 9.17) is 11.6 Å². The van der Waals surface area contributed by atoms with Crippen molar-refractivity contribution in [2.45, 2.75) is 51.5 Å². The molecule has 0 unspecified atom stereocenters. The van der Waals surface area contributed by atoms with Crippen LogP contribution in [0.3, 0.4) is 0 Å². The second-order valence-electron chi connectivity index (χ2n) is 5.66. The fourth-order valence-corrected chi connectivity index (χ4v) is 2.96. The van der Waals surface area contributed by atoms with E-state index in [1.165, 1.54) is 19.3 Å². The molecule has 0 aromatic carbocycles. The van der Waals surface area contributed by atoms with Gasteiger partial charge in [-0.05, 0) is 31.4 Å². The number of nitrogens with zero attached hydrogens (tertiary/aromatic N) is 2. The van der Waals surface area contributed by atoms with Gasteiger partial charge in [0.25, 0.3) is 5.91 Å². The van der Waals surface area contributed by atoms with Crippen molar-refractivity contribution in [3.63, 3.8) is 0 Å². The van der Waals surface area contributed by atoms with Crippen LogP contribution in [-0.2, 0) is 0 Å². The molecule has 5 heteroatoms. The maximum Gasteiger partial charge on any atom is 0.257 e. The molecule has 0 atom stereocenters. The lowest BCUT2D eigenvalue weighted by molar-refractivity contribution is 0.0697. The molecular formula is C16H24ClN3O. The highest BCUT2D eigenvalue weighted by Crippen LogP contribution is 2.25. The van der Waals surface area contributed by atoms with Crippen LogP contribution in [0.15, 0.2) is 12.1 Å². The van der Waals surface area contributed by atoms with Gasteiger partial charge in [0.2, 0.25) is 0 Å². The molecule has 21 heavy (non-hydrogen) atoms. The van der Waals surface area contributed by atoms with Gasteiger partial charge in [-0.3, -0.25) is 4.79 Å². The molecule has 1 aromatic heterocycles. The molecule has 1 saturated carbocycles. The Morgan fingerprint density at radius 3 is 2.76 bits per heavy atom. The zero-order valence-corrected chi connectivity index (χ0v) is 13.6. The van der Waals surface area contributed by atoms with Gasteiger partial charge in [0.05, 0.1) is 5.56 Å². The van der Waals surface area contributed by atoms with E-state index in [1.54, 1.807) is 12.1 Å².